The molecular weight excluding hydrogens is 402 g/mol. The highest BCUT2D eigenvalue weighted by Crippen LogP contribution is 2.16. The van der Waals surface area contributed by atoms with Crippen LogP contribution in [0.4, 0.5) is 0 Å². The molecule has 1 aromatic rings. The molecule has 0 fully saturated rings. The third kappa shape index (κ3) is 8.44. The van der Waals surface area contributed by atoms with Crippen molar-refractivity contribution < 1.29 is 19.6 Å². The maximum absolute atomic E-state index is 12.3. The minimum atomic E-state index is -0.830. The molecule has 0 aliphatic heterocycles. The number of rotatable bonds is 11. The highest BCUT2D eigenvalue weighted by Gasteiger charge is 2.21. The molecule has 3 amide bonds. The molecule has 0 bridgehead atoms. The highest BCUT2D eigenvalue weighted by molar-refractivity contribution is 9.10. The molecule has 26 heavy (non-hydrogen) atoms. The summed E-state index contributed by atoms with van der Waals surface area (Å²) in [5, 5.41) is 14.1. The van der Waals surface area contributed by atoms with E-state index in [1.54, 1.807) is 0 Å². The Morgan fingerprint density at radius 3 is 2.54 bits per heavy atom. The van der Waals surface area contributed by atoms with Crippen LogP contribution in [0.15, 0.2) is 28.7 Å². The lowest BCUT2D eigenvalue weighted by Gasteiger charge is -2.18. The Kier molecular flexibility index (Phi) is 10.6. The van der Waals surface area contributed by atoms with Crippen LogP contribution in [-0.4, -0.2) is 35.5 Å². The monoisotopic (exact) mass is 427 g/mol. The summed E-state index contributed by atoms with van der Waals surface area (Å²) < 4.78 is 0.815. The quantitative estimate of drug-likeness (QED) is 0.246. The summed E-state index contributed by atoms with van der Waals surface area (Å²) in [6.45, 7) is 2.59. The molecule has 144 valence electrons. The van der Waals surface area contributed by atoms with E-state index in [9.17, 15) is 14.4 Å². The van der Waals surface area contributed by atoms with Crippen molar-refractivity contribution in [2.45, 2.75) is 51.5 Å². The Balaban J connectivity index is 2.64. The zero-order chi connectivity index (χ0) is 19.4. The van der Waals surface area contributed by atoms with Gasteiger partial charge in [-0.2, -0.15) is 0 Å². The van der Waals surface area contributed by atoms with Crippen LogP contribution in [0.25, 0.3) is 0 Å². The number of hydroxylamine groups is 1. The number of carbonyl (C=O) groups is 3. The summed E-state index contributed by atoms with van der Waals surface area (Å²) in [6, 6.07) is 6.51. The van der Waals surface area contributed by atoms with E-state index in [1.165, 1.54) is 5.48 Å². The maximum atomic E-state index is 12.3. The first-order chi connectivity index (χ1) is 12.5. The van der Waals surface area contributed by atoms with Gasteiger partial charge >= 0.3 is 0 Å². The van der Waals surface area contributed by atoms with Crippen LogP contribution in [0.5, 0.6) is 0 Å². The van der Waals surface area contributed by atoms with E-state index in [0.717, 1.165) is 29.3 Å². The first-order valence-corrected chi connectivity index (χ1v) is 9.50. The van der Waals surface area contributed by atoms with Gasteiger partial charge in [-0.1, -0.05) is 53.9 Å². The van der Waals surface area contributed by atoms with Gasteiger partial charge < -0.3 is 10.6 Å². The molecule has 4 N–H and O–H groups in total. The van der Waals surface area contributed by atoms with Crippen molar-refractivity contribution in [3.8, 4) is 0 Å². The zero-order valence-corrected chi connectivity index (χ0v) is 16.5. The molecule has 0 aliphatic carbocycles. The van der Waals surface area contributed by atoms with Gasteiger partial charge in [0.25, 0.3) is 0 Å². The van der Waals surface area contributed by atoms with Crippen molar-refractivity contribution in [1.29, 1.82) is 0 Å². The molecule has 0 radical (unpaired) electrons. The normalized spacial score (nSPS) is 11.5. The molecular formula is C18H26BrN3O4. The third-order valence-electron chi connectivity index (χ3n) is 3.82. The molecule has 1 aromatic carbocycles. The lowest BCUT2D eigenvalue weighted by Crippen LogP contribution is -2.47. The number of nitrogens with one attached hydrogen (secondary N) is 3. The molecule has 8 heteroatoms. The molecule has 0 saturated carbocycles. The van der Waals surface area contributed by atoms with Gasteiger partial charge in [-0.3, -0.25) is 19.6 Å². The SMILES string of the molecule is CCCCCNC(=O)[C@H](CCC(=O)NO)NC(=O)Cc1ccccc1Br. The van der Waals surface area contributed by atoms with E-state index in [1.807, 2.05) is 24.3 Å². The summed E-state index contributed by atoms with van der Waals surface area (Å²) in [5.74, 6) is -1.24. The summed E-state index contributed by atoms with van der Waals surface area (Å²) in [4.78, 5) is 35.9. The van der Waals surface area contributed by atoms with E-state index in [2.05, 4.69) is 33.5 Å². The van der Waals surface area contributed by atoms with Crippen LogP contribution < -0.4 is 16.1 Å². The molecule has 0 aromatic heterocycles. The standard InChI is InChI=1S/C18H26BrN3O4/c1-2-3-6-11-20-18(25)15(9-10-16(23)22-26)21-17(24)12-13-7-4-5-8-14(13)19/h4-5,7-8,15,26H,2-3,6,9-12H2,1H3,(H,20,25)(H,21,24)(H,22,23)/t15-/m0/s1. The smallest absolute Gasteiger partial charge is 0.243 e. The Morgan fingerprint density at radius 1 is 1.15 bits per heavy atom. The minimum absolute atomic E-state index is 0.0706. The van der Waals surface area contributed by atoms with Gasteiger partial charge in [0.2, 0.25) is 17.7 Å². The lowest BCUT2D eigenvalue weighted by molar-refractivity contribution is -0.131. The molecule has 7 nitrogen and oxygen atoms in total. The van der Waals surface area contributed by atoms with Gasteiger partial charge in [-0.15, -0.1) is 0 Å². The average Bonchev–Trinajstić information content (AvgIpc) is 2.63. The van der Waals surface area contributed by atoms with Crippen molar-refractivity contribution in [3.63, 3.8) is 0 Å². The summed E-state index contributed by atoms with van der Waals surface area (Å²) in [7, 11) is 0. The number of carbonyl (C=O) groups excluding carboxylic acids is 3. The van der Waals surface area contributed by atoms with Gasteiger partial charge in [-0.05, 0) is 24.5 Å². The summed E-state index contributed by atoms with van der Waals surface area (Å²) in [6.07, 6.45) is 3.06. The predicted octanol–water partition coefficient (Wildman–Crippen LogP) is 2.07. The Morgan fingerprint density at radius 2 is 1.88 bits per heavy atom. The average molecular weight is 428 g/mol. The number of unbranched alkanes of at least 4 members (excludes halogenated alkanes) is 2. The second-order valence-corrected chi connectivity index (χ2v) is 6.81. The molecule has 1 atom stereocenters. The van der Waals surface area contributed by atoms with Crippen molar-refractivity contribution in [3.05, 3.63) is 34.3 Å². The fraction of sp³-hybridized carbons (Fsp3) is 0.500. The van der Waals surface area contributed by atoms with Crippen LogP contribution in [0.3, 0.4) is 0 Å². The van der Waals surface area contributed by atoms with Crippen molar-refractivity contribution in [2.75, 3.05) is 6.54 Å². The van der Waals surface area contributed by atoms with Gasteiger partial charge in [-0.25, -0.2) is 5.48 Å². The zero-order valence-electron chi connectivity index (χ0n) is 14.9. The Hall–Kier alpha value is -1.93. The maximum Gasteiger partial charge on any atom is 0.243 e. The number of hydrogen-bond donors (Lipinski definition) is 4. The fourth-order valence-electron chi connectivity index (χ4n) is 2.37. The van der Waals surface area contributed by atoms with Crippen molar-refractivity contribution >= 4 is 33.7 Å². The van der Waals surface area contributed by atoms with Crippen LogP contribution in [-0.2, 0) is 20.8 Å². The first kappa shape index (κ1) is 22.1. The van der Waals surface area contributed by atoms with Gasteiger partial charge in [0.05, 0.1) is 6.42 Å². The van der Waals surface area contributed by atoms with E-state index >= 15 is 0 Å². The van der Waals surface area contributed by atoms with E-state index in [0.29, 0.717) is 6.54 Å². The highest BCUT2D eigenvalue weighted by atomic mass is 79.9. The molecule has 0 spiro atoms. The summed E-state index contributed by atoms with van der Waals surface area (Å²) >= 11 is 3.39. The molecule has 1 rings (SSSR count). The topological polar surface area (TPSA) is 108 Å². The number of benzene rings is 1. The fourth-order valence-corrected chi connectivity index (χ4v) is 2.79. The molecule has 0 unspecified atom stereocenters. The van der Waals surface area contributed by atoms with Gasteiger partial charge in [0.1, 0.15) is 6.04 Å². The van der Waals surface area contributed by atoms with Gasteiger partial charge in [0.15, 0.2) is 0 Å². The summed E-state index contributed by atoms with van der Waals surface area (Å²) in [5.41, 5.74) is 2.34. The second-order valence-electron chi connectivity index (χ2n) is 5.96. The number of amides is 3. The molecule has 0 heterocycles. The van der Waals surface area contributed by atoms with E-state index < -0.39 is 11.9 Å². The molecule has 0 aliphatic rings. The number of hydrogen-bond acceptors (Lipinski definition) is 4. The van der Waals surface area contributed by atoms with E-state index in [4.69, 9.17) is 5.21 Å². The van der Waals surface area contributed by atoms with Crippen LogP contribution in [0.1, 0.15) is 44.6 Å². The minimum Gasteiger partial charge on any atom is -0.354 e. The first-order valence-electron chi connectivity index (χ1n) is 8.71. The van der Waals surface area contributed by atoms with E-state index in [-0.39, 0.29) is 31.1 Å². The van der Waals surface area contributed by atoms with Crippen LogP contribution in [0.2, 0.25) is 0 Å². The number of halogens is 1. The van der Waals surface area contributed by atoms with Crippen LogP contribution >= 0.6 is 15.9 Å². The molecule has 0 saturated heterocycles. The second kappa shape index (κ2) is 12.4. The largest absolute Gasteiger partial charge is 0.354 e. The van der Waals surface area contributed by atoms with Crippen molar-refractivity contribution in [2.24, 2.45) is 0 Å². The van der Waals surface area contributed by atoms with Crippen LogP contribution in [0, 0.1) is 0 Å². The van der Waals surface area contributed by atoms with Gasteiger partial charge in [0, 0.05) is 17.4 Å². The Labute approximate surface area is 162 Å². The lowest BCUT2D eigenvalue weighted by atomic mass is 10.1. The third-order valence-corrected chi connectivity index (χ3v) is 4.60. The van der Waals surface area contributed by atoms with Crippen molar-refractivity contribution in [1.82, 2.24) is 16.1 Å². The predicted molar refractivity (Wildman–Crippen MR) is 101 cm³/mol. The Bertz CT molecular complexity index is 610.